The monoisotopic (exact) mass is 160 g/mol. The summed E-state index contributed by atoms with van der Waals surface area (Å²) in [6, 6.07) is 0. The van der Waals surface area contributed by atoms with Crippen LogP contribution >= 0.6 is 24.8 Å². The molecule has 1 atom stereocenters. The van der Waals surface area contributed by atoms with Crippen LogP contribution in [0.15, 0.2) is 11.8 Å². The highest BCUT2D eigenvalue weighted by atomic mass is 32.1. The summed E-state index contributed by atoms with van der Waals surface area (Å²) in [6.45, 7) is 1.95. The maximum absolute atomic E-state index is 4.85. The van der Waals surface area contributed by atoms with Gasteiger partial charge in [-0.05, 0) is 25.2 Å². The summed E-state index contributed by atoms with van der Waals surface area (Å²) in [4.78, 5) is 0. The van der Waals surface area contributed by atoms with Crippen LogP contribution in [-0.2, 0) is 0 Å². The second-order valence-electron chi connectivity index (χ2n) is 1.89. The maximum atomic E-state index is 4.85. The van der Waals surface area contributed by atoms with E-state index in [0.29, 0.717) is 5.11 Å². The lowest BCUT2D eigenvalue weighted by Gasteiger charge is -2.19. The van der Waals surface area contributed by atoms with Gasteiger partial charge in [0.15, 0.2) is 5.11 Å². The van der Waals surface area contributed by atoms with E-state index in [1.807, 2.05) is 13.0 Å². The third kappa shape index (κ3) is 1.87. The molecule has 9 heavy (non-hydrogen) atoms. The lowest BCUT2D eigenvalue weighted by atomic mass is 10.4. The maximum Gasteiger partial charge on any atom is 0.171 e. The van der Waals surface area contributed by atoms with Crippen molar-refractivity contribution in [3.05, 3.63) is 11.8 Å². The van der Waals surface area contributed by atoms with Crippen LogP contribution in [0.5, 0.6) is 0 Å². The van der Waals surface area contributed by atoms with Crippen LogP contribution in [0.3, 0.4) is 0 Å². The quantitative estimate of drug-likeness (QED) is 0.358. The second-order valence-corrected chi connectivity index (χ2v) is 2.86. The number of hydrogen-bond donors (Lipinski definition) is 3. The van der Waals surface area contributed by atoms with Crippen LogP contribution in [0.4, 0.5) is 0 Å². The van der Waals surface area contributed by atoms with Gasteiger partial charge in [0.05, 0.1) is 5.37 Å². The number of hydrogen-bond acceptors (Lipinski definition) is 2. The molecule has 1 aliphatic rings. The molecular weight excluding hydrogens is 152 g/mol. The zero-order chi connectivity index (χ0) is 6.85. The van der Waals surface area contributed by atoms with Crippen molar-refractivity contribution < 1.29 is 0 Å². The molecule has 0 bridgehead atoms. The molecule has 0 aromatic rings. The average molecular weight is 160 g/mol. The van der Waals surface area contributed by atoms with Crippen molar-refractivity contribution in [3.8, 4) is 0 Å². The van der Waals surface area contributed by atoms with Crippen molar-refractivity contribution in [1.82, 2.24) is 10.6 Å². The number of allylic oxidation sites excluding steroid dienone is 1. The average Bonchev–Trinajstić information content (AvgIpc) is 1.59. The Morgan fingerprint density at radius 2 is 2.44 bits per heavy atom. The molecule has 0 radical (unpaired) electrons. The third-order valence-electron chi connectivity index (χ3n) is 0.998. The minimum atomic E-state index is 0.0683. The van der Waals surface area contributed by atoms with Crippen LogP contribution in [0.2, 0.25) is 0 Å². The molecule has 0 aliphatic carbocycles. The van der Waals surface area contributed by atoms with Crippen LogP contribution in [0.1, 0.15) is 6.92 Å². The summed E-state index contributed by atoms with van der Waals surface area (Å²) in [5, 5.41) is 6.58. The first-order valence-electron chi connectivity index (χ1n) is 2.62. The van der Waals surface area contributed by atoms with E-state index >= 15 is 0 Å². The van der Waals surface area contributed by atoms with Gasteiger partial charge in [-0.1, -0.05) is 0 Å². The molecule has 0 aromatic heterocycles. The molecule has 0 saturated heterocycles. The van der Waals surface area contributed by atoms with E-state index in [9.17, 15) is 0 Å². The molecule has 0 saturated carbocycles. The standard InChI is InChI=1S/C5H8N2S2/c1-3-2-4(8)7-5(9)6-3/h2,4,8H,1H3,(H2,6,7,9)/t4-/m0/s1. The Bertz CT molecular complexity index is 164. The smallest absolute Gasteiger partial charge is 0.171 e. The van der Waals surface area contributed by atoms with Gasteiger partial charge in [-0.2, -0.15) is 12.6 Å². The van der Waals surface area contributed by atoms with Crippen molar-refractivity contribution in [2.24, 2.45) is 0 Å². The van der Waals surface area contributed by atoms with E-state index in [4.69, 9.17) is 12.2 Å². The van der Waals surface area contributed by atoms with Crippen LogP contribution < -0.4 is 10.6 Å². The van der Waals surface area contributed by atoms with Gasteiger partial charge < -0.3 is 10.6 Å². The Hall–Kier alpha value is -0.220. The van der Waals surface area contributed by atoms with E-state index in [0.717, 1.165) is 5.70 Å². The van der Waals surface area contributed by atoms with E-state index in [1.54, 1.807) is 0 Å². The Labute approximate surface area is 65.1 Å². The highest BCUT2D eigenvalue weighted by Gasteiger charge is 2.07. The fourth-order valence-electron chi connectivity index (χ4n) is 0.670. The summed E-state index contributed by atoms with van der Waals surface area (Å²) in [7, 11) is 0. The van der Waals surface area contributed by atoms with Gasteiger partial charge in [0.25, 0.3) is 0 Å². The minimum Gasteiger partial charge on any atom is -0.347 e. The molecule has 0 aromatic carbocycles. The first-order valence-corrected chi connectivity index (χ1v) is 3.55. The number of thiocarbonyl (C=S) groups is 1. The highest BCUT2D eigenvalue weighted by Crippen LogP contribution is 2.01. The molecule has 4 heteroatoms. The molecule has 0 unspecified atom stereocenters. The number of thiol groups is 1. The Kier molecular flexibility index (Phi) is 1.97. The molecule has 2 N–H and O–H groups in total. The van der Waals surface area contributed by atoms with E-state index < -0.39 is 0 Å². The number of nitrogens with one attached hydrogen (secondary N) is 2. The molecule has 1 heterocycles. The normalized spacial score (nSPS) is 26.2. The Morgan fingerprint density at radius 1 is 1.78 bits per heavy atom. The molecule has 0 fully saturated rings. The van der Waals surface area contributed by atoms with E-state index in [-0.39, 0.29) is 5.37 Å². The predicted molar refractivity (Wildman–Crippen MR) is 45.4 cm³/mol. The fourth-order valence-corrected chi connectivity index (χ4v) is 1.40. The van der Waals surface area contributed by atoms with Gasteiger partial charge in [-0.25, -0.2) is 0 Å². The molecule has 0 spiro atoms. The number of rotatable bonds is 0. The molecule has 50 valence electrons. The van der Waals surface area contributed by atoms with Crippen molar-refractivity contribution in [3.63, 3.8) is 0 Å². The van der Waals surface area contributed by atoms with Gasteiger partial charge in [-0.15, -0.1) is 0 Å². The topological polar surface area (TPSA) is 24.1 Å². The van der Waals surface area contributed by atoms with Gasteiger partial charge in [0, 0.05) is 5.70 Å². The van der Waals surface area contributed by atoms with E-state index in [2.05, 4.69) is 23.3 Å². The van der Waals surface area contributed by atoms with Crippen LogP contribution in [0.25, 0.3) is 0 Å². The zero-order valence-corrected chi connectivity index (χ0v) is 6.72. The largest absolute Gasteiger partial charge is 0.347 e. The summed E-state index contributed by atoms with van der Waals surface area (Å²) < 4.78 is 0. The fraction of sp³-hybridized carbons (Fsp3) is 0.400. The van der Waals surface area contributed by atoms with E-state index in [1.165, 1.54) is 0 Å². The SMILES string of the molecule is CC1=C[C@H](S)NC(=S)N1. The van der Waals surface area contributed by atoms with Crippen molar-refractivity contribution in [2.75, 3.05) is 0 Å². The summed E-state index contributed by atoms with van der Waals surface area (Å²) in [5.41, 5.74) is 1.05. The predicted octanol–water partition coefficient (Wildman–Crippen LogP) is 0.624. The Balaban J connectivity index is 2.67. The van der Waals surface area contributed by atoms with Gasteiger partial charge in [-0.3, -0.25) is 0 Å². The first-order chi connectivity index (χ1) is 4.18. The zero-order valence-electron chi connectivity index (χ0n) is 5.01. The molecule has 1 aliphatic heterocycles. The second kappa shape index (κ2) is 2.58. The Morgan fingerprint density at radius 3 is 2.89 bits per heavy atom. The van der Waals surface area contributed by atoms with Crippen LogP contribution in [-0.4, -0.2) is 10.5 Å². The minimum absolute atomic E-state index is 0.0683. The highest BCUT2D eigenvalue weighted by molar-refractivity contribution is 7.82. The van der Waals surface area contributed by atoms with Gasteiger partial charge in [0.1, 0.15) is 0 Å². The summed E-state index contributed by atoms with van der Waals surface area (Å²) in [5.74, 6) is 0. The summed E-state index contributed by atoms with van der Waals surface area (Å²) >= 11 is 9.01. The van der Waals surface area contributed by atoms with Gasteiger partial charge >= 0.3 is 0 Å². The molecule has 2 nitrogen and oxygen atoms in total. The lowest BCUT2D eigenvalue weighted by Crippen LogP contribution is -2.42. The molecule has 1 rings (SSSR count). The van der Waals surface area contributed by atoms with Crippen molar-refractivity contribution >= 4 is 30.0 Å². The summed E-state index contributed by atoms with van der Waals surface area (Å²) in [6.07, 6.45) is 1.96. The molecular formula is C5H8N2S2. The van der Waals surface area contributed by atoms with Crippen molar-refractivity contribution in [1.29, 1.82) is 0 Å². The lowest BCUT2D eigenvalue weighted by molar-refractivity contribution is 0.880. The van der Waals surface area contributed by atoms with Crippen molar-refractivity contribution in [2.45, 2.75) is 12.3 Å². The molecule has 0 amide bonds. The first kappa shape index (κ1) is 6.89. The van der Waals surface area contributed by atoms with Crippen LogP contribution in [0, 0.1) is 0 Å². The third-order valence-corrected chi connectivity index (χ3v) is 1.50. The van der Waals surface area contributed by atoms with Gasteiger partial charge in [0.2, 0.25) is 0 Å².